The van der Waals surface area contributed by atoms with Gasteiger partial charge in [0.25, 0.3) is 0 Å². The standard InChI is InChI=1S/C85H104Cl2N2O4/c1-78(2,3)50-84(19,20)56-44-66(76(90)72(46-56)88-68-32-26-52(80(7,8)9)40-60(68)61-41-53(81(10,11)12)27-33-69(61)88)64-48-58(86)30-36-74(64)92(23)38-25-39-93(24)75-37-31-59(87)49-65(75)67-45-57(85(21,22)51-79(4,5)6)47-73(77(67)91)89-70-34-28-54(82(13,14)15)42-62(70)63-43-55(83(16,17)18)29-35-71(63)89/h26-37,40-49,90-91H,23-25,38-39,50-51H2,1-22H3. The van der Waals surface area contributed by atoms with Gasteiger partial charge in [0, 0.05) is 54.8 Å². The van der Waals surface area contributed by atoms with Gasteiger partial charge in [-0.15, -0.1) is 0 Å². The molecule has 0 unspecified atom stereocenters. The van der Waals surface area contributed by atoms with Crippen molar-refractivity contribution in [1.82, 2.24) is 9.13 Å². The zero-order valence-electron chi connectivity index (χ0n) is 60.0. The molecule has 93 heavy (non-hydrogen) atoms. The summed E-state index contributed by atoms with van der Waals surface area (Å²) >= 11 is 14.1. The first-order valence-corrected chi connectivity index (χ1v) is 34.1. The molecule has 0 spiro atoms. The van der Waals surface area contributed by atoms with Gasteiger partial charge in [0.05, 0.1) is 44.6 Å². The smallest absolute Gasteiger partial charge is 0.234 e. The quantitative estimate of drug-likeness (QED) is 0.0842. The van der Waals surface area contributed by atoms with Crippen LogP contribution >= 0.6 is 23.2 Å². The topological polar surface area (TPSA) is 55.7 Å². The average Bonchev–Trinajstić information content (AvgIpc) is 1.62. The lowest BCUT2D eigenvalue weighted by Crippen LogP contribution is -2.25. The Balaban J connectivity index is 1.06. The molecule has 0 amide bonds. The summed E-state index contributed by atoms with van der Waals surface area (Å²) in [5.74, 6) is 1.78. The van der Waals surface area contributed by atoms with Gasteiger partial charge in [0.1, 0.15) is 17.9 Å². The summed E-state index contributed by atoms with van der Waals surface area (Å²) in [5, 5.41) is 32.2. The van der Waals surface area contributed by atoms with Crippen molar-refractivity contribution in [2.45, 2.75) is 204 Å². The summed E-state index contributed by atoms with van der Waals surface area (Å²) in [7, 11) is 9.26. The van der Waals surface area contributed by atoms with Gasteiger partial charge in [-0.1, -0.05) is 200 Å². The third-order valence-electron chi connectivity index (χ3n) is 19.0. The molecule has 2 aromatic heterocycles. The highest BCUT2D eigenvalue weighted by molar-refractivity contribution is 6.31. The molecule has 10 aromatic rings. The van der Waals surface area contributed by atoms with Crippen molar-refractivity contribution in [2.24, 2.45) is 10.8 Å². The fourth-order valence-electron chi connectivity index (χ4n) is 14.6. The van der Waals surface area contributed by atoms with E-state index in [4.69, 9.17) is 23.2 Å². The first kappa shape index (κ1) is 69.0. The van der Waals surface area contributed by atoms with E-state index in [1.54, 1.807) is 0 Å². The maximum absolute atomic E-state index is 13.2. The van der Waals surface area contributed by atoms with E-state index < -0.39 is 0 Å². The Kier molecular flexibility index (Phi) is 17.9. The molecule has 8 heteroatoms. The molecule has 0 saturated carbocycles. The number of rotatable bonds is 14. The Morgan fingerprint density at radius 1 is 0.344 bits per heavy atom. The van der Waals surface area contributed by atoms with Crippen molar-refractivity contribution in [3.8, 4) is 56.6 Å². The van der Waals surface area contributed by atoms with Crippen molar-refractivity contribution in [3.63, 3.8) is 0 Å². The van der Waals surface area contributed by atoms with Gasteiger partial charge < -0.3 is 28.1 Å². The van der Waals surface area contributed by atoms with Gasteiger partial charge in [-0.3, -0.25) is 0 Å². The lowest BCUT2D eigenvalue weighted by Gasteiger charge is -2.35. The van der Waals surface area contributed by atoms with E-state index in [0.717, 1.165) is 90.2 Å². The highest BCUT2D eigenvalue weighted by Gasteiger charge is 2.35. The Bertz CT molecular complexity index is 4080. The van der Waals surface area contributed by atoms with Gasteiger partial charge in [0.2, 0.25) is 11.5 Å². The lowest BCUT2D eigenvalue weighted by atomic mass is 9.71. The van der Waals surface area contributed by atoms with Gasteiger partial charge in [-0.25, -0.2) is 0 Å². The number of aromatic hydroxyl groups is 2. The number of benzene rings is 8. The fraction of sp³-hybridized carbons (Fsp3) is 0.412. The fourth-order valence-corrected chi connectivity index (χ4v) is 15.0. The molecule has 0 atom stereocenters. The number of halogens is 2. The highest BCUT2D eigenvalue weighted by atomic mass is 35.5. The van der Waals surface area contributed by atoms with Crippen LogP contribution in [0.4, 0.5) is 0 Å². The highest BCUT2D eigenvalue weighted by Crippen LogP contribution is 2.52. The van der Waals surface area contributed by atoms with Crippen molar-refractivity contribution in [1.29, 1.82) is 0 Å². The number of hydrogen-bond acceptors (Lipinski definition) is 2. The molecule has 2 N–H and O–H groups in total. The first-order valence-electron chi connectivity index (χ1n) is 33.4. The van der Waals surface area contributed by atoms with Crippen LogP contribution < -0.4 is 0 Å². The molecular formula is C85H104Cl2N2O4. The van der Waals surface area contributed by atoms with Crippen LogP contribution in [0, 0.1) is 25.0 Å². The molecule has 0 bridgehead atoms. The van der Waals surface area contributed by atoms with Crippen molar-refractivity contribution >= 4 is 66.8 Å². The van der Waals surface area contributed by atoms with Crippen molar-refractivity contribution < 1.29 is 18.9 Å². The number of fused-ring (bicyclic) bond motifs is 6. The predicted molar refractivity (Wildman–Crippen MR) is 401 cm³/mol. The van der Waals surface area contributed by atoms with Crippen LogP contribution in [0.25, 0.3) is 77.2 Å². The van der Waals surface area contributed by atoms with Crippen LogP contribution in [0.1, 0.15) is 205 Å². The normalized spacial score (nSPS) is 13.4. The van der Waals surface area contributed by atoms with E-state index >= 15 is 0 Å². The van der Waals surface area contributed by atoms with Crippen LogP contribution in [0.3, 0.4) is 0 Å². The van der Waals surface area contributed by atoms with Crippen LogP contribution in [0.5, 0.6) is 23.0 Å². The number of phenols is 2. The number of aromatic nitrogens is 2. The Labute approximate surface area is 567 Å². The summed E-state index contributed by atoms with van der Waals surface area (Å²) < 4.78 is 10.8. The third-order valence-corrected chi connectivity index (χ3v) is 19.5. The Morgan fingerprint density at radius 3 is 0.882 bits per heavy atom. The summed E-state index contributed by atoms with van der Waals surface area (Å²) in [6.45, 7) is 51.0. The molecule has 0 fully saturated rings. The Hall–Kier alpha value is -6.86. The number of phenolic OH excluding ortho intramolecular Hbond substituents is 2. The zero-order valence-corrected chi connectivity index (χ0v) is 61.5. The molecule has 0 aliphatic carbocycles. The van der Waals surface area contributed by atoms with Crippen molar-refractivity contribution in [2.75, 3.05) is 13.2 Å². The van der Waals surface area contributed by atoms with E-state index in [1.807, 2.05) is 36.4 Å². The van der Waals surface area contributed by atoms with E-state index in [1.165, 1.54) is 22.3 Å². The maximum Gasteiger partial charge on any atom is 0.234 e. The van der Waals surface area contributed by atoms with E-state index in [-0.39, 0.29) is 54.8 Å². The molecule has 2 heterocycles. The zero-order chi connectivity index (χ0) is 68.4. The summed E-state index contributed by atoms with van der Waals surface area (Å²) in [4.78, 5) is 0. The van der Waals surface area contributed by atoms with Crippen LogP contribution in [0.15, 0.2) is 133 Å². The number of hydrogen-bond donors (Lipinski definition) is 2. The molecule has 0 radical (unpaired) electrons. The first-order chi connectivity index (χ1) is 42.8. The van der Waals surface area contributed by atoms with Crippen LogP contribution in [-0.4, -0.2) is 32.6 Å². The Morgan fingerprint density at radius 2 is 0.624 bits per heavy atom. The third kappa shape index (κ3) is 14.0. The van der Waals surface area contributed by atoms with Gasteiger partial charge >= 0.3 is 0 Å². The SMILES string of the molecule is [CH2-][O+](CCC[O+]([CH2-])c1ccc(Cl)cc1-c1cc(C(C)(C)CC(C)(C)C)cc(-n2c3ccc(C(C)(C)C)cc3c3cc(C(C)(C)C)ccc32)c1O)c1ccc(Cl)cc1-c1cc(C(C)(C)CC(C)(C)C)cc(-n2c3ccc(C(C)(C)C)cc3c3cc(C(C)(C)C)ccc32)c1O. The molecule has 6 nitrogen and oxygen atoms in total. The number of nitrogens with zero attached hydrogens (tertiary/aromatic N) is 2. The molecule has 0 aliphatic rings. The van der Waals surface area contributed by atoms with Gasteiger partial charge in [0.15, 0.2) is 13.2 Å². The van der Waals surface area contributed by atoms with Gasteiger partial charge in [-0.2, -0.15) is 0 Å². The molecule has 10 rings (SSSR count). The van der Waals surface area contributed by atoms with Crippen molar-refractivity contribution in [3.05, 3.63) is 191 Å². The van der Waals surface area contributed by atoms with E-state index in [9.17, 15) is 10.2 Å². The molecule has 8 aromatic carbocycles. The minimum absolute atomic E-state index is 0.00706. The average molecular weight is 1290 g/mol. The molecule has 492 valence electrons. The molecular weight excluding hydrogens is 1180 g/mol. The summed E-state index contributed by atoms with van der Waals surface area (Å²) in [6, 6.07) is 47.7. The van der Waals surface area contributed by atoms with Crippen LogP contribution in [-0.2, 0) is 41.2 Å². The minimum Gasteiger partial charge on any atom is -0.711 e. The van der Waals surface area contributed by atoms with Gasteiger partial charge in [-0.05, 0) is 201 Å². The second-order valence-electron chi connectivity index (χ2n) is 34.7. The largest absolute Gasteiger partial charge is 0.711 e. The second kappa shape index (κ2) is 24.1. The van der Waals surface area contributed by atoms with E-state index in [2.05, 4.69) is 281 Å². The molecule has 0 saturated heterocycles. The molecule has 0 aliphatic heterocycles. The predicted octanol–water partition coefficient (Wildman–Crippen LogP) is 25.8. The van der Waals surface area contributed by atoms with E-state index in [0.29, 0.717) is 52.2 Å². The summed E-state index contributed by atoms with van der Waals surface area (Å²) in [5.41, 5.74) is 14.6. The lowest BCUT2D eigenvalue weighted by molar-refractivity contribution is -0.0159. The van der Waals surface area contributed by atoms with Crippen LogP contribution in [0.2, 0.25) is 10.0 Å². The monoisotopic (exact) mass is 1290 g/mol. The summed E-state index contributed by atoms with van der Waals surface area (Å²) in [6.07, 6.45) is 2.38. The maximum atomic E-state index is 13.2. The minimum atomic E-state index is -0.307. The second-order valence-corrected chi connectivity index (χ2v) is 35.5.